The van der Waals surface area contributed by atoms with Crippen molar-refractivity contribution in [2.24, 2.45) is 16.2 Å². The lowest BCUT2D eigenvalue weighted by Crippen LogP contribution is -2.40. The Morgan fingerprint density at radius 2 is 1.42 bits per heavy atom. The van der Waals surface area contributed by atoms with Crippen LogP contribution in [0.2, 0.25) is 0 Å². The fraction of sp³-hybridized carbons (Fsp3) is 0.425. The van der Waals surface area contributed by atoms with E-state index in [0.29, 0.717) is 18.4 Å². The van der Waals surface area contributed by atoms with E-state index in [1.807, 2.05) is 88.5 Å². The van der Waals surface area contributed by atoms with E-state index in [9.17, 15) is 24.6 Å². The van der Waals surface area contributed by atoms with Gasteiger partial charge in [0.2, 0.25) is 0 Å². The number of hydrogen-bond acceptors (Lipinski definition) is 5. The standard InChI is InChI=1S/C40H50O5/c1-29(15-11-16-31(3)19-22-37(45)40(8)26-35(44)25-39(40,7)28-42)13-9-10-14-30(2)17-12-18-33(27-41)20-21-36-32(4)23-34(43)24-38(36,5)6/h9-19,22,28,34,41,43H,23-27H2,1-8H3/b10-9+,15-11+,17-12+,22-19+,29-13+,30-14+,31-16+,33-18-/t34-,39+,40+/m1/s1. The molecule has 1 fully saturated rings. The molecule has 2 aliphatic carbocycles. The summed E-state index contributed by atoms with van der Waals surface area (Å²) in [5.74, 6) is 6.11. The highest BCUT2D eigenvalue weighted by molar-refractivity contribution is 6.04. The van der Waals surface area contributed by atoms with Gasteiger partial charge in [-0.2, -0.15) is 0 Å². The Morgan fingerprint density at radius 3 is 1.98 bits per heavy atom. The molecule has 0 saturated heterocycles. The molecule has 3 atom stereocenters. The van der Waals surface area contributed by atoms with Crippen LogP contribution in [0.15, 0.2) is 106 Å². The quantitative estimate of drug-likeness (QED) is 0.109. The van der Waals surface area contributed by atoms with Gasteiger partial charge >= 0.3 is 0 Å². The van der Waals surface area contributed by atoms with Gasteiger partial charge in [0.05, 0.1) is 12.7 Å². The maximum Gasteiger partial charge on any atom is 0.162 e. The van der Waals surface area contributed by atoms with E-state index in [-0.39, 0.29) is 42.5 Å². The summed E-state index contributed by atoms with van der Waals surface area (Å²) in [5.41, 5.74) is 3.60. The van der Waals surface area contributed by atoms with Gasteiger partial charge in [-0.3, -0.25) is 9.59 Å². The predicted octanol–water partition coefficient (Wildman–Crippen LogP) is 7.61. The van der Waals surface area contributed by atoms with Crippen LogP contribution in [0.5, 0.6) is 0 Å². The molecule has 0 unspecified atom stereocenters. The molecule has 5 nitrogen and oxygen atoms in total. The molecule has 0 bridgehead atoms. The highest BCUT2D eigenvalue weighted by Gasteiger charge is 2.56. The summed E-state index contributed by atoms with van der Waals surface area (Å²) in [5, 5.41) is 19.9. The van der Waals surface area contributed by atoms with Crippen LogP contribution in [0.25, 0.3) is 0 Å². The second kappa shape index (κ2) is 16.5. The van der Waals surface area contributed by atoms with Crippen molar-refractivity contribution >= 4 is 17.9 Å². The van der Waals surface area contributed by atoms with Crippen molar-refractivity contribution in [2.45, 2.75) is 87.2 Å². The van der Waals surface area contributed by atoms with Gasteiger partial charge in [-0.15, -0.1) is 0 Å². The van der Waals surface area contributed by atoms with E-state index >= 15 is 0 Å². The molecule has 0 aromatic rings. The van der Waals surface area contributed by atoms with E-state index in [0.717, 1.165) is 34.2 Å². The normalized spacial score (nSPS) is 26.9. The third kappa shape index (κ3) is 10.6. The number of aliphatic hydroxyl groups is 2. The first-order valence-electron chi connectivity index (χ1n) is 15.5. The maximum absolute atomic E-state index is 12.9. The summed E-state index contributed by atoms with van der Waals surface area (Å²) >= 11 is 0. The predicted molar refractivity (Wildman–Crippen MR) is 184 cm³/mol. The van der Waals surface area contributed by atoms with Gasteiger partial charge in [0.25, 0.3) is 0 Å². The lowest BCUT2D eigenvalue weighted by atomic mass is 9.66. The summed E-state index contributed by atoms with van der Waals surface area (Å²) in [6.45, 7) is 15.3. The van der Waals surface area contributed by atoms with Gasteiger partial charge < -0.3 is 15.0 Å². The number of hydrogen-bond donors (Lipinski definition) is 2. The lowest BCUT2D eigenvalue weighted by molar-refractivity contribution is -0.134. The molecule has 2 rings (SSSR count). The Labute approximate surface area is 270 Å². The second-order valence-electron chi connectivity index (χ2n) is 13.5. The Bertz CT molecular complexity index is 1490. The van der Waals surface area contributed by atoms with Crippen molar-refractivity contribution in [3.05, 3.63) is 106 Å². The van der Waals surface area contributed by atoms with Crippen molar-refractivity contribution in [2.75, 3.05) is 6.61 Å². The molecule has 0 aliphatic heterocycles. The molecule has 0 aromatic carbocycles. The largest absolute Gasteiger partial charge is 0.393 e. The summed E-state index contributed by atoms with van der Waals surface area (Å²) < 4.78 is 0. The first kappa shape index (κ1) is 37.3. The molecule has 0 amide bonds. The number of carbonyl (C=O) groups excluding carboxylic acids is 3. The van der Waals surface area contributed by atoms with E-state index in [1.54, 1.807) is 19.9 Å². The Hall–Kier alpha value is -3.85. The molecule has 5 heteroatoms. The summed E-state index contributed by atoms with van der Waals surface area (Å²) in [7, 11) is 0. The SMILES string of the molecule is CC1=C(C#C/C(=C/C=C/C(C)=C/C=C/C=C(C)/C=C/C=C(C)/C=C/C(=O)[C@]2(C)CC(=O)C[C@@]2(C)C=O)CO)C(C)(C)C[C@H](O)C1. The Balaban J connectivity index is 1.95. The first-order valence-corrected chi connectivity index (χ1v) is 15.5. The monoisotopic (exact) mass is 610 g/mol. The molecular formula is C40H50O5. The van der Waals surface area contributed by atoms with Gasteiger partial charge in [0.15, 0.2) is 5.78 Å². The van der Waals surface area contributed by atoms with Gasteiger partial charge in [0.1, 0.15) is 12.1 Å². The van der Waals surface area contributed by atoms with Gasteiger partial charge in [0, 0.05) is 40.2 Å². The Morgan fingerprint density at radius 1 is 0.867 bits per heavy atom. The van der Waals surface area contributed by atoms with Crippen LogP contribution in [0.1, 0.15) is 81.1 Å². The van der Waals surface area contributed by atoms with Gasteiger partial charge in [-0.05, 0) is 52.7 Å². The number of aliphatic hydroxyl groups excluding tert-OH is 2. The van der Waals surface area contributed by atoms with Crippen molar-refractivity contribution in [3.63, 3.8) is 0 Å². The first-order chi connectivity index (χ1) is 21.1. The third-order valence-electron chi connectivity index (χ3n) is 8.79. The Kier molecular flexibility index (Phi) is 13.7. The minimum atomic E-state index is -1.00. The van der Waals surface area contributed by atoms with Crippen LogP contribution in [0.4, 0.5) is 0 Å². The number of allylic oxidation sites excluding steroid dienone is 16. The van der Waals surface area contributed by atoms with E-state index in [4.69, 9.17) is 0 Å². The molecule has 2 N–H and O–H groups in total. The van der Waals surface area contributed by atoms with E-state index in [2.05, 4.69) is 25.7 Å². The lowest BCUT2D eigenvalue weighted by Gasteiger charge is -2.34. The van der Waals surface area contributed by atoms with Gasteiger partial charge in [-0.1, -0.05) is 123 Å². The molecule has 1 saturated carbocycles. The molecule has 0 heterocycles. The van der Waals surface area contributed by atoms with E-state index in [1.165, 1.54) is 6.08 Å². The van der Waals surface area contributed by atoms with Crippen LogP contribution in [-0.4, -0.2) is 40.8 Å². The average molecular weight is 611 g/mol. The molecule has 0 spiro atoms. The van der Waals surface area contributed by atoms with Crippen LogP contribution in [0, 0.1) is 28.1 Å². The number of ketones is 2. The number of aldehydes is 1. The highest BCUT2D eigenvalue weighted by Crippen LogP contribution is 2.50. The topological polar surface area (TPSA) is 91.7 Å². The van der Waals surface area contributed by atoms with E-state index < -0.39 is 10.8 Å². The van der Waals surface area contributed by atoms with Crippen molar-refractivity contribution in [1.29, 1.82) is 0 Å². The smallest absolute Gasteiger partial charge is 0.162 e. The maximum atomic E-state index is 12.9. The molecule has 240 valence electrons. The minimum absolute atomic E-state index is 0.0524. The minimum Gasteiger partial charge on any atom is -0.393 e. The van der Waals surface area contributed by atoms with Crippen LogP contribution >= 0.6 is 0 Å². The van der Waals surface area contributed by atoms with Crippen LogP contribution in [-0.2, 0) is 14.4 Å². The zero-order chi connectivity index (χ0) is 33.8. The number of carbonyl (C=O) groups is 3. The van der Waals surface area contributed by atoms with Gasteiger partial charge in [-0.25, -0.2) is 0 Å². The van der Waals surface area contributed by atoms with Crippen LogP contribution < -0.4 is 0 Å². The van der Waals surface area contributed by atoms with Crippen molar-refractivity contribution < 1.29 is 24.6 Å². The molecule has 2 aliphatic rings. The zero-order valence-corrected chi connectivity index (χ0v) is 28.2. The average Bonchev–Trinajstić information content (AvgIpc) is 3.20. The fourth-order valence-electron chi connectivity index (χ4n) is 5.79. The highest BCUT2D eigenvalue weighted by atomic mass is 16.3. The molecule has 0 aromatic heterocycles. The number of Topliss-reactive ketones (excluding diaryl/α,β-unsaturated/α-hetero) is 1. The molecule has 0 radical (unpaired) electrons. The third-order valence-corrected chi connectivity index (χ3v) is 8.79. The summed E-state index contributed by atoms with van der Waals surface area (Å²) in [6, 6.07) is 0. The summed E-state index contributed by atoms with van der Waals surface area (Å²) in [4.78, 5) is 36.5. The fourth-order valence-corrected chi connectivity index (χ4v) is 5.79. The van der Waals surface area contributed by atoms with Crippen molar-refractivity contribution in [1.82, 2.24) is 0 Å². The second-order valence-corrected chi connectivity index (χ2v) is 13.5. The summed E-state index contributed by atoms with van der Waals surface area (Å²) in [6.07, 6.45) is 24.5. The molecular weight excluding hydrogens is 560 g/mol. The molecule has 45 heavy (non-hydrogen) atoms. The van der Waals surface area contributed by atoms with Crippen molar-refractivity contribution in [3.8, 4) is 11.8 Å². The number of rotatable bonds is 11. The zero-order valence-electron chi connectivity index (χ0n) is 28.2. The van der Waals surface area contributed by atoms with Crippen LogP contribution in [0.3, 0.4) is 0 Å².